The molecule has 4 atom stereocenters. The predicted molar refractivity (Wildman–Crippen MR) is 64.7 cm³/mol. The Bertz CT molecular complexity index is 310. The molecule has 1 N–H and O–H groups in total. The Morgan fingerprint density at radius 1 is 1.35 bits per heavy atom. The third kappa shape index (κ3) is 2.41. The van der Waals surface area contributed by atoms with Crippen LogP contribution in [0.25, 0.3) is 0 Å². The van der Waals surface area contributed by atoms with Gasteiger partial charge >= 0.3 is 6.09 Å². The maximum Gasteiger partial charge on any atom is 0.410 e. The molecule has 0 spiro atoms. The van der Waals surface area contributed by atoms with E-state index in [0.29, 0.717) is 5.92 Å². The third-order valence-corrected chi connectivity index (χ3v) is 3.90. The maximum atomic E-state index is 12.2. The van der Waals surface area contributed by atoms with E-state index in [1.807, 2.05) is 20.8 Å². The molecule has 0 radical (unpaired) electrons. The van der Waals surface area contributed by atoms with Crippen LogP contribution in [-0.2, 0) is 4.74 Å². The number of rotatable bonds is 0. The Morgan fingerprint density at radius 3 is 2.53 bits per heavy atom. The SMILES string of the molecule is C[C@@H]1[C@@H]2CC[C@@H]([C@@H](O)C2)N1C(=O)OC(C)(C)C. The number of fused-ring (bicyclic) bond motifs is 3. The van der Waals surface area contributed by atoms with E-state index >= 15 is 0 Å². The van der Waals surface area contributed by atoms with Crippen molar-refractivity contribution in [3.05, 3.63) is 0 Å². The molecule has 2 bridgehead atoms. The van der Waals surface area contributed by atoms with Gasteiger partial charge in [-0.05, 0) is 52.9 Å². The van der Waals surface area contributed by atoms with Gasteiger partial charge in [0, 0.05) is 6.04 Å². The van der Waals surface area contributed by atoms with Crippen molar-refractivity contribution in [3.63, 3.8) is 0 Å². The van der Waals surface area contributed by atoms with Crippen LogP contribution >= 0.6 is 0 Å². The number of amides is 1. The Labute approximate surface area is 103 Å². The second-order valence-electron chi connectivity index (χ2n) is 6.34. The molecular formula is C13H23NO3. The zero-order valence-electron chi connectivity index (χ0n) is 11.1. The van der Waals surface area contributed by atoms with Crippen molar-refractivity contribution in [2.45, 2.75) is 70.7 Å². The second-order valence-corrected chi connectivity index (χ2v) is 6.34. The van der Waals surface area contributed by atoms with Crippen LogP contribution in [0.15, 0.2) is 0 Å². The first-order chi connectivity index (χ1) is 7.79. The van der Waals surface area contributed by atoms with Crippen molar-refractivity contribution in [2.24, 2.45) is 5.92 Å². The lowest BCUT2D eigenvalue weighted by molar-refractivity contribution is -0.0887. The number of carbonyl (C=O) groups excluding carboxylic acids is 1. The minimum absolute atomic E-state index is 0.0511. The van der Waals surface area contributed by atoms with Gasteiger partial charge in [-0.2, -0.15) is 0 Å². The zero-order chi connectivity index (χ0) is 12.8. The molecule has 17 heavy (non-hydrogen) atoms. The van der Waals surface area contributed by atoms with E-state index in [-0.39, 0.29) is 24.3 Å². The number of ether oxygens (including phenoxy) is 1. The maximum absolute atomic E-state index is 12.2. The molecule has 2 saturated heterocycles. The summed E-state index contributed by atoms with van der Waals surface area (Å²) in [4.78, 5) is 13.9. The van der Waals surface area contributed by atoms with Gasteiger partial charge in [0.15, 0.2) is 0 Å². The van der Waals surface area contributed by atoms with Crippen molar-refractivity contribution < 1.29 is 14.6 Å². The van der Waals surface area contributed by atoms with E-state index in [4.69, 9.17) is 4.74 Å². The molecule has 2 aliphatic heterocycles. The van der Waals surface area contributed by atoms with Crippen LogP contribution in [0.3, 0.4) is 0 Å². The van der Waals surface area contributed by atoms with Crippen LogP contribution in [-0.4, -0.2) is 39.9 Å². The van der Waals surface area contributed by atoms with Crippen molar-refractivity contribution in [1.29, 1.82) is 0 Å². The summed E-state index contributed by atoms with van der Waals surface area (Å²) < 4.78 is 5.42. The van der Waals surface area contributed by atoms with Gasteiger partial charge in [0.1, 0.15) is 5.60 Å². The Balaban J connectivity index is 2.12. The molecule has 3 rings (SSSR count). The fourth-order valence-corrected chi connectivity index (χ4v) is 3.07. The lowest BCUT2D eigenvalue weighted by atomic mass is 9.74. The number of nitrogens with zero attached hydrogens (tertiary/aromatic N) is 1. The average Bonchev–Trinajstić information content (AvgIpc) is 2.16. The lowest BCUT2D eigenvalue weighted by Gasteiger charge is -2.52. The summed E-state index contributed by atoms with van der Waals surface area (Å²) in [7, 11) is 0. The molecule has 4 heteroatoms. The van der Waals surface area contributed by atoms with E-state index in [1.54, 1.807) is 4.90 Å². The van der Waals surface area contributed by atoms with Crippen LogP contribution in [0.5, 0.6) is 0 Å². The Morgan fingerprint density at radius 2 is 2.00 bits per heavy atom. The number of aliphatic hydroxyl groups excluding tert-OH is 1. The summed E-state index contributed by atoms with van der Waals surface area (Å²) in [6.45, 7) is 7.67. The number of aliphatic hydroxyl groups is 1. The standard InChI is InChI=1S/C13H23NO3/c1-8-9-5-6-10(11(15)7-9)14(8)12(16)17-13(2,3)4/h8-11,15H,5-7H2,1-4H3/t8-,9-,10+,11+/m1/s1. The molecule has 98 valence electrons. The van der Waals surface area contributed by atoms with E-state index in [9.17, 15) is 9.90 Å². The first-order valence-corrected chi connectivity index (χ1v) is 6.49. The molecule has 0 unspecified atom stereocenters. The van der Waals surface area contributed by atoms with Gasteiger partial charge in [-0.3, -0.25) is 4.90 Å². The van der Waals surface area contributed by atoms with Crippen molar-refractivity contribution >= 4 is 6.09 Å². The highest BCUT2D eigenvalue weighted by Gasteiger charge is 2.47. The highest BCUT2D eigenvalue weighted by molar-refractivity contribution is 5.69. The van der Waals surface area contributed by atoms with Crippen LogP contribution < -0.4 is 0 Å². The van der Waals surface area contributed by atoms with Gasteiger partial charge in [0.2, 0.25) is 0 Å². The van der Waals surface area contributed by atoms with Gasteiger partial charge in [0.05, 0.1) is 12.1 Å². The topological polar surface area (TPSA) is 49.8 Å². The molecular weight excluding hydrogens is 218 g/mol. The molecule has 2 heterocycles. The average molecular weight is 241 g/mol. The quantitative estimate of drug-likeness (QED) is 0.707. The predicted octanol–water partition coefficient (Wildman–Crippen LogP) is 2.16. The fourth-order valence-electron chi connectivity index (χ4n) is 3.07. The van der Waals surface area contributed by atoms with E-state index in [1.165, 1.54) is 0 Å². The molecule has 3 fully saturated rings. The lowest BCUT2D eigenvalue weighted by Crippen LogP contribution is -2.62. The van der Waals surface area contributed by atoms with Crippen LogP contribution in [0, 0.1) is 5.92 Å². The van der Waals surface area contributed by atoms with Crippen LogP contribution in [0.4, 0.5) is 4.79 Å². The van der Waals surface area contributed by atoms with Crippen LogP contribution in [0.1, 0.15) is 47.0 Å². The van der Waals surface area contributed by atoms with E-state index in [2.05, 4.69) is 6.92 Å². The first-order valence-electron chi connectivity index (χ1n) is 6.49. The second kappa shape index (κ2) is 4.16. The minimum Gasteiger partial charge on any atom is -0.444 e. The van der Waals surface area contributed by atoms with E-state index < -0.39 is 5.60 Å². The monoisotopic (exact) mass is 241 g/mol. The molecule has 0 aromatic carbocycles. The summed E-state index contributed by atoms with van der Waals surface area (Å²) in [6, 6.07) is 0.136. The number of piperidine rings is 2. The highest BCUT2D eigenvalue weighted by atomic mass is 16.6. The van der Waals surface area contributed by atoms with Gasteiger partial charge in [-0.25, -0.2) is 4.79 Å². The summed E-state index contributed by atoms with van der Waals surface area (Å²) in [6.07, 6.45) is 2.18. The molecule has 3 aliphatic rings. The molecule has 0 aromatic rings. The minimum atomic E-state index is -0.474. The van der Waals surface area contributed by atoms with Gasteiger partial charge in [-0.15, -0.1) is 0 Å². The summed E-state index contributed by atoms with van der Waals surface area (Å²) in [5.74, 6) is 0.419. The number of hydrogen-bond acceptors (Lipinski definition) is 3. The van der Waals surface area contributed by atoms with Crippen molar-refractivity contribution in [3.8, 4) is 0 Å². The van der Waals surface area contributed by atoms with Gasteiger partial charge in [-0.1, -0.05) is 0 Å². The smallest absolute Gasteiger partial charge is 0.410 e. The molecule has 1 amide bonds. The number of carbonyl (C=O) groups is 1. The summed E-state index contributed by atoms with van der Waals surface area (Å²) in [5.41, 5.74) is -0.474. The number of hydrogen-bond donors (Lipinski definition) is 1. The largest absolute Gasteiger partial charge is 0.444 e. The first kappa shape index (κ1) is 12.7. The summed E-state index contributed by atoms with van der Waals surface area (Å²) >= 11 is 0. The highest BCUT2D eigenvalue weighted by Crippen LogP contribution is 2.40. The normalized spacial score (nSPS) is 37.1. The van der Waals surface area contributed by atoms with E-state index in [0.717, 1.165) is 19.3 Å². The van der Waals surface area contributed by atoms with Crippen molar-refractivity contribution in [1.82, 2.24) is 4.90 Å². The van der Waals surface area contributed by atoms with Crippen LogP contribution in [0.2, 0.25) is 0 Å². The Hall–Kier alpha value is -0.770. The molecule has 4 nitrogen and oxygen atoms in total. The molecule has 1 saturated carbocycles. The van der Waals surface area contributed by atoms with Gasteiger partial charge in [0.25, 0.3) is 0 Å². The molecule has 1 aliphatic carbocycles. The Kier molecular flexibility index (Phi) is 3.10. The third-order valence-electron chi connectivity index (χ3n) is 3.90. The fraction of sp³-hybridized carbons (Fsp3) is 0.923. The summed E-state index contributed by atoms with van der Waals surface area (Å²) in [5, 5.41) is 9.99. The van der Waals surface area contributed by atoms with Crippen molar-refractivity contribution in [2.75, 3.05) is 0 Å². The molecule has 0 aromatic heterocycles. The van der Waals surface area contributed by atoms with Gasteiger partial charge < -0.3 is 9.84 Å². The zero-order valence-corrected chi connectivity index (χ0v) is 11.1.